The molecule has 0 aliphatic heterocycles. The van der Waals surface area contributed by atoms with Crippen molar-refractivity contribution in [3.05, 3.63) is 17.3 Å². The Hall–Kier alpha value is -1.32. The Morgan fingerprint density at radius 2 is 2.46 bits per heavy atom. The number of carboxylic acid groups (broad SMARTS) is 1. The molecule has 1 N–H and O–H groups in total. The number of nitrogens with zero attached hydrogens (tertiary/aromatic N) is 1. The Bertz CT molecular complexity index is 343. The number of rotatable bonds is 1. The highest BCUT2D eigenvalue weighted by Gasteiger charge is 2.30. The van der Waals surface area contributed by atoms with Gasteiger partial charge in [0, 0.05) is 6.92 Å². The SMILES string of the molecule is Cc1nc2c(o1)C(C(=O)O)CCC2. The minimum Gasteiger partial charge on any atom is -0.481 e. The number of aliphatic carboxylic acids is 1. The normalized spacial score (nSPS) is 21.2. The van der Waals surface area contributed by atoms with Gasteiger partial charge < -0.3 is 9.52 Å². The third-order valence-corrected chi connectivity index (χ3v) is 2.36. The molecular weight excluding hydrogens is 170 g/mol. The predicted octanol–water partition coefficient (Wildman–Crippen LogP) is 1.49. The smallest absolute Gasteiger partial charge is 0.314 e. The molecule has 1 aromatic rings. The van der Waals surface area contributed by atoms with E-state index in [2.05, 4.69) is 4.98 Å². The van der Waals surface area contributed by atoms with Crippen molar-refractivity contribution < 1.29 is 14.3 Å². The van der Waals surface area contributed by atoms with Gasteiger partial charge in [0.05, 0.1) is 5.69 Å². The molecule has 0 aromatic carbocycles. The van der Waals surface area contributed by atoms with Gasteiger partial charge in [-0.2, -0.15) is 0 Å². The molecule has 1 unspecified atom stereocenters. The van der Waals surface area contributed by atoms with Crippen molar-refractivity contribution in [1.82, 2.24) is 4.98 Å². The fraction of sp³-hybridized carbons (Fsp3) is 0.556. The van der Waals surface area contributed by atoms with Crippen LogP contribution in [0.25, 0.3) is 0 Å². The molecule has 0 saturated heterocycles. The largest absolute Gasteiger partial charge is 0.481 e. The molecule has 0 spiro atoms. The third-order valence-electron chi connectivity index (χ3n) is 2.36. The van der Waals surface area contributed by atoms with E-state index in [9.17, 15) is 4.79 Å². The molecule has 13 heavy (non-hydrogen) atoms. The average molecular weight is 181 g/mol. The van der Waals surface area contributed by atoms with Crippen molar-refractivity contribution in [1.29, 1.82) is 0 Å². The summed E-state index contributed by atoms with van der Waals surface area (Å²) < 4.78 is 5.29. The number of carboxylic acids is 1. The van der Waals surface area contributed by atoms with Crippen LogP contribution < -0.4 is 0 Å². The average Bonchev–Trinajstić information content (AvgIpc) is 2.43. The van der Waals surface area contributed by atoms with Crippen LogP contribution >= 0.6 is 0 Å². The van der Waals surface area contributed by atoms with Crippen molar-refractivity contribution in [2.45, 2.75) is 32.1 Å². The number of fused-ring (bicyclic) bond motifs is 1. The fourth-order valence-corrected chi connectivity index (χ4v) is 1.78. The summed E-state index contributed by atoms with van der Waals surface area (Å²) in [5.41, 5.74) is 0.830. The maximum absolute atomic E-state index is 10.8. The van der Waals surface area contributed by atoms with Crippen LogP contribution in [-0.2, 0) is 11.2 Å². The monoisotopic (exact) mass is 181 g/mol. The molecule has 4 nitrogen and oxygen atoms in total. The maximum atomic E-state index is 10.8. The Morgan fingerprint density at radius 3 is 3.15 bits per heavy atom. The first-order valence-electron chi connectivity index (χ1n) is 4.37. The van der Waals surface area contributed by atoms with Crippen molar-refractivity contribution >= 4 is 5.97 Å². The minimum absolute atomic E-state index is 0.482. The standard InChI is InChI=1S/C9H11NO3/c1-5-10-7-4-2-3-6(9(11)12)8(7)13-5/h6H,2-4H2,1H3,(H,11,12). The number of aromatic nitrogens is 1. The van der Waals surface area contributed by atoms with Gasteiger partial charge in [0.15, 0.2) is 5.89 Å². The van der Waals surface area contributed by atoms with Crippen LogP contribution in [0.2, 0.25) is 0 Å². The lowest BCUT2D eigenvalue weighted by Gasteiger charge is -2.15. The predicted molar refractivity (Wildman–Crippen MR) is 44.6 cm³/mol. The van der Waals surface area contributed by atoms with E-state index in [1.807, 2.05) is 0 Å². The maximum Gasteiger partial charge on any atom is 0.314 e. The lowest BCUT2D eigenvalue weighted by Crippen LogP contribution is -2.16. The van der Waals surface area contributed by atoms with E-state index in [1.165, 1.54) is 0 Å². The summed E-state index contributed by atoms with van der Waals surface area (Å²) in [6.45, 7) is 1.75. The second kappa shape index (κ2) is 2.87. The van der Waals surface area contributed by atoms with E-state index >= 15 is 0 Å². The van der Waals surface area contributed by atoms with Gasteiger partial charge in [0.2, 0.25) is 0 Å². The highest BCUT2D eigenvalue weighted by Crippen LogP contribution is 2.31. The second-order valence-electron chi connectivity index (χ2n) is 3.33. The summed E-state index contributed by atoms with van der Waals surface area (Å²) in [4.78, 5) is 15.0. The van der Waals surface area contributed by atoms with Crippen LogP contribution in [0, 0.1) is 6.92 Å². The zero-order valence-corrected chi connectivity index (χ0v) is 7.41. The lowest BCUT2D eigenvalue weighted by molar-refractivity contribution is -0.139. The van der Waals surface area contributed by atoms with Gasteiger partial charge in [-0.05, 0) is 19.3 Å². The number of oxazole rings is 1. The quantitative estimate of drug-likeness (QED) is 0.712. The van der Waals surface area contributed by atoms with E-state index < -0.39 is 11.9 Å². The molecule has 1 aliphatic carbocycles. The highest BCUT2D eigenvalue weighted by molar-refractivity contribution is 5.75. The van der Waals surface area contributed by atoms with Crippen LogP contribution in [0.1, 0.15) is 36.1 Å². The molecule has 0 saturated carbocycles. The molecule has 0 fully saturated rings. The van der Waals surface area contributed by atoms with Gasteiger partial charge in [0.25, 0.3) is 0 Å². The minimum atomic E-state index is -0.808. The van der Waals surface area contributed by atoms with E-state index in [0.29, 0.717) is 18.1 Å². The zero-order valence-electron chi connectivity index (χ0n) is 7.41. The van der Waals surface area contributed by atoms with Crippen LogP contribution in [0.5, 0.6) is 0 Å². The molecule has 4 heteroatoms. The summed E-state index contributed by atoms with van der Waals surface area (Å²) in [5, 5.41) is 8.91. The van der Waals surface area contributed by atoms with Crippen LogP contribution in [0.15, 0.2) is 4.42 Å². The molecule has 0 radical (unpaired) electrons. The number of carbonyl (C=O) groups is 1. The molecule has 1 heterocycles. The molecule has 70 valence electrons. The van der Waals surface area contributed by atoms with Crippen molar-refractivity contribution in [3.8, 4) is 0 Å². The van der Waals surface area contributed by atoms with Crippen LogP contribution in [0.3, 0.4) is 0 Å². The first-order chi connectivity index (χ1) is 6.18. The van der Waals surface area contributed by atoms with E-state index in [0.717, 1.165) is 18.5 Å². The van der Waals surface area contributed by atoms with Gasteiger partial charge in [-0.1, -0.05) is 0 Å². The first kappa shape index (κ1) is 8.29. The Morgan fingerprint density at radius 1 is 1.69 bits per heavy atom. The molecular formula is C9H11NO3. The Kier molecular flexibility index (Phi) is 1.83. The summed E-state index contributed by atoms with van der Waals surface area (Å²) in [6.07, 6.45) is 2.39. The molecule has 1 atom stereocenters. The van der Waals surface area contributed by atoms with Crippen LogP contribution in [-0.4, -0.2) is 16.1 Å². The van der Waals surface area contributed by atoms with Crippen molar-refractivity contribution in [2.75, 3.05) is 0 Å². The number of hydrogen-bond donors (Lipinski definition) is 1. The first-order valence-corrected chi connectivity index (χ1v) is 4.37. The van der Waals surface area contributed by atoms with Gasteiger partial charge in [-0.25, -0.2) is 4.98 Å². The Balaban J connectivity index is 2.41. The molecule has 2 rings (SSSR count). The summed E-state index contributed by atoms with van der Waals surface area (Å²) >= 11 is 0. The zero-order chi connectivity index (χ0) is 9.42. The van der Waals surface area contributed by atoms with E-state index in [-0.39, 0.29) is 0 Å². The topological polar surface area (TPSA) is 63.3 Å². The third kappa shape index (κ3) is 1.32. The van der Waals surface area contributed by atoms with Crippen molar-refractivity contribution in [2.24, 2.45) is 0 Å². The van der Waals surface area contributed by atoms with Gasteiger partial charge in [-0.3, -0.25) is 4.79 Å². The lowest BCUT2D eigenvalue weighted by atomic mass is 9.91. The summed E-state index contributed by atoms with van der Waals surface area (Å²) in [6, 6.07) is 0. The molecule has 1 aliphatic rings. The van der Waals surface area contributed by atoms with E-state index in [4.69, 9.17) is 9.52 Å². The fourth-order valence-electron chi connectivity index (χ4n) is 1.78. The summed E-state index contributed by atoms with van der Waals surface area (Å²) in [7, 11) is 0. The second-order valence-corrected chi connectivity index (χ2v) is 3.33. The van der Waals surface area contributed by atoms with Gasteiger partial charge >= 0.3 is 5.97 Å². The van der Waals surface area contributed by atoms with Crippen LogP contribution in [0.4, 0.5) is 0 Å². The van der Waals surface area contributed by atoms with Crippen molar-refractivity contribution in [3.63, 3.8) is 0 Å². The van der Waals surface area contributed by atoms with E-state index in [1.54, 1.807) is 6.92 Å². The van der Waals surface area contributed by atoms with Gasteiger partial charge in [0.1, 0.15) is 11.7 Å². The Labute approximate surface area is 75.6 Å². The summed E-state index contributed by atoms with van der Waals surface area (Å²) in [5.74, 6) is -0.156. The molecule has 0 bridgehead atoms. The number of aryl methyl sites for hydroxylation is 2. The van der Waals surface area contributed by atoms with Gasteiger partial charge in [-0.15, -0.1) is 0 Å². The number of hydrogen-bond acceptors (Lipinski definition) is 3. The molecule has 1 aromatic heterocycles. The molecule has 0 amide bonds. The highest BCUT2D eigenvalue weighted by atomic mass is 16.4.